The molecule has 0 fully saturated rings. The van der Waals surface area contributed by atoms with Crippen molar-refractivity contribution in [3.05, 3.63) is 0 Å². The average Bonchev–Trinajstić information content (AvgIpc) is 2.11. The molecule has 92 valence electrons. The van der Waals surface area contributed by atoms with Crippen LogP contribution < -0.4 is 0 Å². The minimum Gasteiger partial charge on any atom is -0.120 e. The van der Waals surface area contributed by atoms with E-state index in [9.17, 15) is 0 Å². The molecule has 0 N–H and O–H groups in total. The lowest BCUT2D eigenvalue weighted by Crippen LogP contribution is -2.40. The van der Waals surface area contributed by atoms with Crippen LogP contribution in [0.4, 0.5) is 0 Å². The summed E-state index contributed by atoms with van der Waals surface area (Å²) >= 11 is 51.1. The molecule has 0 spiro atoms. The molecule has 0 aromatic rings. The predicted octanol–water partition coefficient (Wildman–Crippen LogP) is 5.59. The highest BCUT2D eigenvalue weighted by Crippen LogP contribution is 2.40. The van der Waals surface area contributed by atoms with Gasteiger partial charge < -0.3 is 0 Å². The first kappa shape index (κ1) is 17.6. The largest absolute Gasteiger partial charge is 0.208 e. The Bertz CT molecular complexity index is 188. The molecule has 0 bridgehead atoms. The van der Waals surface area contributed by atoms with Crippen LogP contribution in [0, 0.1) is 0 Å². The monoisotopic (exact) mass is 392 g/mol. The minimum atomic E-state index is -1.74. The van der Waals surface area contributed by atoms with Gasteiger partial charge in [0.2, 0.25) is 3.79 Å². The van der Waals surface area contributed by atoms with E-state index < -0.39 is 30.1 Å². The lowest BCUT2D eigenvalue weighted by atomic mass is 10.2. The van der Waals surface area contributed by atoms with Crippen LogP contribution in [0.15, 0.2) is 0 Å². The van der Waals surface area contributed by atoms with Crippen LogP contribution in [0.3, 0.4) is 0 Å². The van der Waals surface area contributed by atoms with Crippen LogP contribution >= 0.6 is 104 Å². The smallest absolute Gasteiger partial charge is 0.120 e. The molecule has 0 aliphatic heterocycles. The number of rotatable bonds is 4. The Hall–Kier alpha value is 2.61. The van der Waals surface area contributed by atoms with Crippen LogP contribution in [0.5, 0.6) is 0 Å². The maximum Gasteiger partial charge on any atom is 0.208 e. The van der Waals surface area contributed by atoms with Crippen LogP contribution in [0.2, 0.25) is 0 Å². The second-order valence-electron chi connectivity index (χ2n) is 2.61. The molecule has 0 aliphatic carbocycles. The molecule has 0 heterocycles. The molecular weight excluding hydrogens is 391 g/mol. The molecule has 0 amide bonds. The molecule has 0 aliphatic rings. The lowest BCUT2D eigenvalue weighted by molar-refractivity contribution is 0.698. The van der Waals surface area contributed by atoms with Gasteiger partial charge in [-0.25, -0.2) is 0 Å². The van der Waals surface area contributed by atoms with Gasteiger partial charge >= 0.3 is 0 Å². The summed E-state index contributed by atoms with van der Waals surface area (Å²) in [7, 11) is 0. The van der Waals surface area contributed by atoms with Crippen molar-refractivity contribution in [2.75, 3.05) is 0 Å². The van der Waals surface area contributed by atoms with Crippen molar-refractivity contribution < 1.29 is 0 Å². The van der Waals surface area contributed by atoms with Crippen molar-refractivity contribution in [3.8, 4) is 0 Å². The Morgan fingerprint density at radius 1 is 0.600 bits per heavy atom. The molecule has 0 saturated carbocycles. The van der Waals surface area contributed by atoms with Crippen molar-refractivity contribution in [2.45, 2.75) is 30.1 Å². The topological polar surface area (TPSA) is 0 Å². The highest BCUT2D eigenvalue weighted by molar-refractivity contribution is 6.70. The quantitative estimate of drug-likeness (QED) is 0.544. The van der Waals surface area contributed by atoms with Gasteiger partial charge in [-0.05, 0) is 0 Å². The van der Waals surface area contributed by atoms with Gasteiger partial charge in [0, 0.05) is 0 Å². The average molecular weight is 396 g/mol. The van der Waals surface area contributed by atoms with Gasteiger partial charge in [0.15, 0.2) is 0 Å². The second-order valence-corrected chi connectivity index (χ2v) is 8.13. The molecule has 4 atom stereocenters. The first-order valence-electron chi connectivity index (χ1n) is 3.50. The molecule has 0 aromatic carbocycles. The highest BCUT2D eigenvalue weighted by atomic mass is 35.6. The van der Waals surface area contributed by atoms with E-state index in [1.165, 1.54) is 0 Å². The van der Waals surface area contributed by atoms with E-state index in [0.29, 0.717) is 0 Å². The van der Waals surface area contributed by atoms with E-state index in [1.807, 2.05) is 0 Å². The molecule has 0 nitrogen and oxygen atoms in total. The normalized spacial score (nSPS) is 21.2. The van der Waals surface area contributed by atoms with E-state index in [4.69, 9.17) is 104 Å². The zero-order chi connectivity index (χ0) is 12.4. The standard InChI is InChI=1S/C6H5Cl9/c7-1(3(9)5(11)12)2(8)4(10)6(13,14)15/h1-5H. The van der Waals surface area contributed by atoms with Gasteiger partial charge in [-0.15, -0.1) is 69.6 Å². The number of halogens is 9. The van der Waals surface area contributed by atoms with Crippen LogP contribution in [0.1, 0.15) is 0 Å². The minimum absolute atomic E-state index is 0.800. The van der Waals surface area contributed by atoms with E-state index in [2.05, 4.69) is 0 Å². The third-order valence-corrected chi connectivity index (χ3v) is 5.86. The fourth-order valence-corrected chi connectivity index (χ4v) is 2.82. The number of hydrogen-bond acceptors (Lipinski definition) is 0. The maximum atomic E-state index is 5.89. The molecule has 0 aromatic heterocycles. The van der Waals surface area contributed by atoms with Gasteiger partial charge in [-0.3, -0.25) is 0 Å². The Labute approximate surface area is 133 Å². The summed E-state index contributed by atoms with van der Waals surface area (Å²) in [5.41, 5.74) is 0. The molecular formula is C6H5Cl9. The van der Waals surface area contributed by atoms with Crippen LogP contribution in [-0.4, -0.2) is 30.1 Å². The summed E-state index contributed by atoms with van der Waals surface area (Å²) in [5.74, 6) is 0. The van der Waals surface area contributed by atoms with Crippen molar-refractivity contribution in [2.24, 2.45) is 0 Å². The van der Waals surface area contributed by atoms with Crippen molar-refractivity contribution in [1.82, 2.24) is 0 Å². The molecule has 0 radical (unpaired) electrons. The van der Waals surface area contributed by atoms with E-state index in [-0.39, 0.29) is 0 Å². The fraction of sp³-hybridized carbons (Fsp3) is 1.00. The van der Waals surface area contributed by atoms with Gasteiger partial charge in [0.1, 0.15) is 4.84 Å². The molecule has 0 saturated heterocycles. The zero-order valence-corrected chi connectivity index (χ0v) is 13.6. The van der Waals surface area contributed by atoms with Crippen molar-refractivity contribution in [1.29, 1.82) is 0 Å². The van der Waals surface area contributed by atoms with Crippen LogP contribution in [0.25, 0.3) is 0 Å². The number of hydrogen-bond donors (Lipinski definition) is 0. The third-order valence-electron chi connectivity index (χ3n) is 1.44. The third kappa shape index (κ3) is 5.85. The van der Waals surface area contributed by atoms with E-state index in [0.717, 1.165) is 0 Å². The molecule has 9 heteroatoms. The van der Waals surface area contributed by atoms with Crippen molar-refractivity contribution >= 4 is 104 Å². The van der Waals surface area contributed by atoms with Gasteiger partial charge in [0.05, 0.1) is 21.5 Å². The van der Waals surface area contributed by atoms with Gasteiger partial charge in [-0.1, -0.05) is 34.8 Å². The summed E-state index contributed by atoms with van der Waals surface area (Å²) in [4.78, 5) is -0.894. The first-order valence-corrected chi connectivity index (χ1v) is 7.25. The van der Waals surface area contributed by atoms with E-state index in [1.54, 1.807) is 0 Å². The van der Waals surface area contributed by atoms with E-state index >= 15 is 0 Å². The molecule has 4 unspecified atom stereocenters. The Balaban J connectivity index is 4.51. The second kappa shape index (κ2) is 7.26. The Morgan fingerprint density at radius 2 is 1.00 bits per heavy atom. The van der Waals surface area contributed by atoms with Crippen molar-refractivity contribution in [3.63, 3.8) is 0 Å². The summed E-state index contributed by atoms with van der Waals surface area (Å²) in [5, 5.41) is -3.53. The highest BCUT2D eigenvalue weighted by Gasteiger charge is 2.42. The van der Waals surface area contributed by atoms with Gasteiger partial charge in [-0.2, -0.15) is 0 Å². The number of alkyl halides is 9. The SMILES string of the molecule is ClC(Cl)C(Cl)C(Cl)C(Cl)C(Cl)C(Cl)(Cl)Cl. The predicted molar refractivity (Wildman–Crippen MR) is 74.3 cm³/mol. The fourth-order valence-electron chi connectivity index (χ4n) is 0.657. The van der Waals surface area contributed by atoms with Gasteiger partial charge in [0.25, 0.3) is 0 Å². The summed E-state index contributed by atoms with van der Waals surface area (Å²) in [6.07, 6.45) is 0. The Kier molecular flexibility index (Phi) is 8.52. The molecule has 15 heavy (non-hydrogen) atoms. The summed E-state index contributed by atoms with van der Waals surface area (Å²) < 4.78 is -1.74. The lowest BCUT2D eigenvalue weighted by Gasteiger charge is -2.28. The maximum absolute atomic E-state index is 5.89. The Morgan fingerprint density at radius 3 is 1.27 bits per heavy atom. The zero-order valence-electron chi connectivity index (χ0n) is 6.79. The van der Waals surface area contributed by atoms with Crippen LogP contribution in [-0.2, 0) is 0 Å². The molecule has 0 rings (SSSR count). The first-order chi connectivity index (χ1) is 6.59. The summed E-state index contributed by atoms with van der Waals surface area (Å²) in [6.45, 7) is 0. The summed E-state index contributed by atoms with van der Waals surface area (Å²) in [6, 6.07) is 0.